The van der Waals surface area contributed by atoms with Crippen LogP contribution < -0.4 is 11.1 Å². The summed E-state index contributed by atoms with van der Waals surface area (Å²) in [5.41, 5.74) is 7.31. The van der Waals surface area contributed by atoms with Gasteiger partial charge in [0.15, 0.2) is 5.84 Å². The maximum absolute atomic E-state index is 13.4. The molecule has 0 aliphatic rings. The third-order valence-corrected chi connectivity index (χ3v) is 3.29. The Morgan fingerprint density at radius 3 is 2.95 bits per heavy atom. The molecule has 5 nitrogen and oxygen atoms in total. The predicted octanol–water partition coefficient (Wildman–Crippen LogP) is 2.69. The SMILES string of the molecule is NC(=NO)c1ncccc1CNc1ccc(Br)c(F)c1. The van der Waals surface area contributed by atoms with Crippen LogP contribution in [0.3, 0.4) is 0 Å². The number of oxime groups is 1. The number of rotatable bonds is 4. The molecule has 7 heteroatoms. The molecular weight excluding hydrogens is 327 g/mol. The number of aromatic nitrogens is 1. The van der Waals surface area contributed by atoms with E-state index in [0.29, 0.717) is 22.4 Å². The number of nitrogens with one attached hydrogen (secondary N) is 1. The topological polar surface area (TPSA) is 83.5 Å². The lowest BCUT2D eigenvalue weighted by Crippen LogP contribution is -2.18. The summed E-state index contributed by atoms with van der Waals surface area (Å²) in [5.74, 6) is -0.415. The van der Waals surface area contributed by atoms with Crippen molar-refractivity contribution in [3.63, 3.8) is 0 Å². The van der Waals surface area contributed by atoms with Crippen molar-refractivity contribution < 1.29 is 9.60 Å². The van der Waals surface area contributed by atoms with Crippen LogP contribution in [0.2, 0.25) is 0 Å². The van der Waals surface area contributed by atoms with E-state index >= 15 is 0 Å². The van der Waals surface area contributed by atoms with Crippen LogP contribution >= 0.6 is 15.9 Å². The van der Waals surface area contributed by atoms with Crippen LogP contribution in [0.15, 0.2) is 46.2 Å². The second-order valence-electron chi connectivity index (χ2n) is 3.98. The van der Waals surface area contributed by atoms with Crippen LogP contribution in [0.4, 0.5) is 10.1 Å². The highest BCUT2D eigenvalue weighted by molar-refractivity contribution is 9.10. The molecule has 0 saturated heterocycles. The number of nitrogens with zero attached hydrogens (tertiary/aromatic N) is 2. The van der Waals surface area contributed by atoms with Crippen molar-refractivity contribution in [2.24, 2.45) is 10.9 Å². The third-order valence-electron chi connectivity index (χ3n) is 2.64. The largest absolute Gasteiger partial charge is 0.409 e. The molecule has 0 spiro atoms. The van der Waals surface area contributed by atoms with Gasteiger partial charge in [-0.05, 0) is 40.2 Å². The molecule has 0 aliphatic carbocycles. The maximum Gasteiger partial charge on any atom is 0.189 e. The highest BCUT2D eigenvalue weighted by Gasteiger charge is 2.08. The minimum Gasteiger partial charge on any atom is -0.409 e. The molecule has 0 unspecified atom stereocenters. The zero-order valence-electron chi connectivity index (χ0n) is 10.3. The van der Waals surface area contributed by atoms with Crippen molar-refractivity contribution in [2.75, 3.05) is 5.32 Å². The summed E-state index contributed by atoms with van der Waals surface area (Å²) in [4.78, 5) is 4.06. The van der Waals surface area contributed by atoms with E-state index in [-0.39, 0.29) is 11.7 Å². The highest BCUT2D eigenvalue weighted by atomic mass is 79.9. The fourth-order valence-electron chi connectivity index (χ4n) is 1.66. The van der Waals surface area contributed by atoms with E-state index in [0.717, 1.165) is 5.56 Å². The molecule has 0 fully saturated rings. The normalized spacial score (nSPS) is 11.4. The second-order valence-corrected chi connectivity index (χ2v) is 4.83. The van der Waals surface area contributed by atoms with E-state index < -0.39 is 0 Å². The van der Waals surface area contributed by atoms with Crippen LogP contribution in [0.25, 0.3) is 0 Å². The van der Waals surface area contributed by atoms with Crippen LogP contribution in [-0.2, 0) is 6.54 Å². The summed E-state index contributed by atoms with van der Waals surface area (Å²) in [6, 6.07) is 8.28. The first kappa shape index (κ1) is 14.3. The molecule has 4 N–H and O–H groups in total. The number of amidine groups is 1. The van der Waals surface area contributed by atoms with E-state index in [9.17, 15) is 4.39 Å². The van der Waals surface area contributed by atoms with Gasteiger partial charge in [0.05, 0.1) is 4.47 Å². The molecule has 2 aromatic rings. The number of hydrogen-bond acceptors (Lipinski definition) is 4. The smallest absolute Gasteiger partial charge is 0.189 e. The lowest BCUT2D eigenvalue weighted by molar-refractivity contribution is 0.318. The van der Waals surface area contributed by atoms with Gasteiger partial charge in [0, 0.05) is 24.0 Å². The molecule has 0 amide bonds. The standard InChI is InChI=1S/C13H12BrFN4O/c14-10-4-3-9(6-11(10)15)18-7-8-2-1-5-17-12(8)13(16)19-20/h1-6,18,20H,7H2,(H2,16,19). The van der Waals surface area contributed by atoms with Gasteiger partial charge >= 0.3 is 0 Å². The van der Waals surface area contributed by atoms with Gasteiger partial charge in [-0.3, -0.25) is 4.98 Å². The molecule has 1 aromatic heterocycles. The van der Waals surface area contributed by atoms with E-state index in [1.165, 1.54) is 6.07 Å². The lowest BCUT2D eigenvalue weighted by atomic mass is 10.1. The Morgan fingerprint density at radius 2 is 2.25 bits per heavy atom. The zero-order valence-corrected chi connectivity index (χ0v) is 11.9. The average Bonchev–Trinajstić information content (AvgIpc) is 2.48. The first-order chi connectivity index (χ1) is 9.61. The molecule has 1 heterocycles. The minimum absolute atomic E-state index is 0.0654. The average molecular weight is 339 g/mol. The Hall–Kier alpha value is -2.15. The number of halogens is 2. The summed E-state index contributed by atoms with van der Waals surface area (Å²) in [5, 5.41) is 14.7. The van der Waals surface area contributed by atoms with Crippen molar-refractivity contribution in [3.8, 4) is 0 Å². The van der Waals surface area contributed by atoms with Crippen LogP contribution in [0.1, 0.15) is 11.3 Å². The Kier molecular flexibility index (Phi) is 4.52. The van der Waals surface area contributed by atoms with Crippen LogP contribution in [0.5, 0.6) is 0 Å². The van der Waals surface area contributed by atoms with Gasteiger partial charge < -0.3 is 16.3 Å². The van der Waals surface area contributed by atoms with Gasteiger partial charge in [-0.1, -0.05) is 11.2 Å². The summed E-state index contributed by atoms with van der Waals surface area (Å²) < 4.78 is 13.8. The molecule has 0 saturated carbocycles. The fourth-order valence-corrected chi connectivity index (χ4v) is 1.91. The van der Waals surface area contributed by atoms with Crippen LogP contribution in [0, 0.1) is 5.82 Å². The molecule has 20 heavy (non-hydrogen) atoms. The Morgan fingerprint density at radius 1 is 1.45 bits per heavy atom. The zero-order chi connectivity index (χ0) is 14.5. The number of anilines is 1. The molecule has 0 aliphatic heterocycles. The van der Waals surface area contributed by atoms with Crippen molar-refractivity contribution in [3.05, 3.63) is 58.1 Å². The van der Waals surface area contributed by atoms with Gasteiger partial charge in [0.2, 0.25) is 0 Å². The number of nitrogens with two attached hydrogens (primary N) is 1. The Labute approximate surface area is 123 Å². The van der Waals surface area contributed by atoms with E-state index in [4.69, 9.17) is 10.9 Å². The van der Waals surface area contributed by atoms with Crippen molar-refractivity contribution in [1.29, 1.82) is 0 Å². The maximum atomic E-state index is 13.4. The summed E-state index contributed by atoms with van der Waals surface area (Å²) in [6.07, 6.45) is 1.55. The molecule has 0 atom stereocenters. The summed E-state index contributed by atoms with van der Waals surface area (Å²) >= 11 is 3.09. The third kappa shape index (κ3) is 3.24. The molecule has 0 bridgehead atoms. The summed E-state index contributed by atoms with van der Waals surface area (Å²) in [7, 11) is 0. The van der Waals surface area contributed by atoms with Gasteiger partial charge in [-0.25, -0.2) is 4.39 Å². The van der Waals surface area contributed by atoms with E-state index in [1.54, 1.807) is 30.5 Å². The van der Waals surface area contributed by atoms with Gasteiger partial charge in [0.1, 0.15) is 11.5 Å². The fraction of sp³-hybridized carbons (Fsp3) is 0.0769. The number of benzene rings is 1. The quantitative estimate of drug-likeness (QED) is 0.346. The monoisotopic (exact) mass is 338 g/mol. The lowest BCUT2D eigenvalue weighted by Gasteiger charge is -2.10. The number of hydrogen-bond donors (Lipinski definition) is 3. The molecule has 1 aromatic carbocycles. The molecular formula is C13H12BrFN4O. The van der Waals surface area contributed by atoms with E-state index in [1.807, 2.05) is 0 Å². The predicted molar refractivity (Wildman–Crippen MR) is 78.2 cm³/mol. The van der Waals surface area contributed by atoms with Gasteiger partial charge in [-0.15, -0.1) is 0 Å². The van der Waals surface area contributed by atoms with Gasteiger partial charge in [-0.2, -0.15) is 0 Å². The minimum atomic E-state index is -0.349. The van der Waals surface area contributed by atoms with Crippen molar-refractivity contribution >= 4 is 27.5 Å². The Bertz CT molecular complexity index is 648. The van der Waals surface area contributed by atoms with Crippen LogP contribution in [-0.4, -0.2) is 16.0 Å². The first-order valence-electron chi connectivity index (χ1n) is 5.72. The molecule has 2 rings (SSSR count). The van der Waals surface area contributed by atoms with E-state index in [2.05, 4.69) is 31.4 Å². The second kappa shape index (κ2) is 6.33. The molecule has 104 valence electrons. The number of pyridine rings is 1. The van der Waals surface area contributed by atoms with Crippen molar-refractivity contribution in [2.45, 2.75) is 6.54 Å². The summed E-state index contributed by atoms with van der Waals surface area (Å²) in [6.45, 7) is 0.375. The molecule has 0 radical (unpaired) electrons. The van der Waals surface area contributed by atoms with Crippen molar-refractivity contribution in [1.82, 2.24) is 4.98 Å². The van der Waals surface area contributed by atoms with Gasteiger partial charge in [0.25, 0.3) is 0 Å². The first-order valence-corrected chi connectivity index (χ1v) is 6.52. The Balaban J connectivity index is 2.17. The highest BCUT2D eigenvalue weighted by Crippen LogP contribution is 2.20.